The van der Waals surface area contributed by atoms with Crippen molar-refractivity contribution in [1.29, 1.82) is 5.26 Å². The molecule has 1 N–H and O–H groups in total. The maximum absolute atomic E-state index is 11.2. The molecule has 0 radical (unpaired) electrons. The Labute approximate surface area is 84.5 Å². The van der Waals surface area contributed by atoms with Gasteiger partial charge in [0.2, 0.25) is 0 Å². The maximum Gasteiger partial charge on any atom is 0.264 e. The van der Waals surface area contributed by atoms with E-state index in [1.165, 1.54) is 0 Å². The van der Waals surface area contributed by atoms with Gasteiger partial charge in [-0.05, 0) is 30.7 Å². The molecule has 4 heteroatoms. The highest BCUT2D eigenvalue weighted by molar-refractivity contribution is 9.10. The van der Waals surface area contributed by atoms with Gasteiger partial charge in [-0.3, -0.25) is 10.1 Å². The number of carbonyl (C=O) groups excluding carboxylic acids is 1. The first-order chi connectivity index (χ1) is 6.15. The van der Waals surface area contributed by atoms with Crippen molar-refractivity contribution >= 4 is 21.8 Å². The zero-order valence-electron chi connectivity index (χ0n) is 6.97. The predicted octanol–water partition coefficient (Wildman–Crippen LogP) is 1.97. The first-order valence-corrected chi connectivity index (χ1v) is 4.40. The quantitative estimate of drug-likeness (QED) is 0.601. The maximum atomic E-state index is 11.2. The Morgan fingerprint density at radius 1 is 1.62 bits per heavy atom. The smallest absolute Gasteiger partial charge is 0.264 e. The summed E-state index contributed by atoms with van der Waals surface area (Å²) in [7, 11) is 0. The summed E-state index contributed by atoms with van der Waals surface area (Å²) in [5.74, 6) is -0.368. The third-order valence-electron chi connectivity index (χ3n) is 1.60. The average molecular weight is 239 g/mol. The van der Waals surface area contributed by atoms with E-state index in [9.17, 15) is 4.79 Å². The van der Waals surface area contributed by atoms with Crippen LogP contribution in [-0.4, -0.2) is 5.91 Å². The summed E-state index contributed by atoms with van der Waals surface area (Å²) >= 11 is 3.29. The number of rotatable bonds is 1. The molecule has 1 aromatic carbocycles. The third kappa shape index (κ3) is 2.30. The molecule has 0 aliphatic carbocycles. The lowest BCUT2D eigenvalue weighted by atomic mass is 10.1. The van der Waals surface area contributed by atoms with Gasteiger partial charge in [0.05, 0.1) is 0 Å². The molecule has 0 atom stereocenters. The van der Waals surface area contributed by atoms with Gasteiger partial charge in [-0.25, -0.2) is 0 Å². The van der Waals surface area contributed by atoms with Crippen molar-refractivity contribution in [2.45, 2.75) is 6.92 Å². The molecule has 0 saturated heterocycles. The number of benzene rings is 1. The highest BCUT2D eigenvalue weighted by Gasteiger charge is 2.07. The molecule has 0 spiro atoms. The lowest BCUT2D eigenvalue weighted by Crippen LogP contribution is -2.18. The molecule has 0 aliphatic heterocycles. The Morgan fingerprint density at radius 3 is 2.85 bits per heavy atom. The van der Waals surface area contributed by atoms with Crippen LogP contribution in [0, 0.1) is 18.4 Å². The molecule has 0 saturated carbocycles. The summed E-state index contributed by atoms with van der Waals surface area (Å²) in [4.78, 5) is 11.2. The van der Waals surface area contributed by atoms with Gasteiger partial charge in [0.25, 0.3) is 5.91 Å². The van der Waals surface area contributed by atoms with Crippen LogP contribution in [0.1, 0.15) is 15.9 Å². The fourth-order valence-corrected chi connectivity index (χ4v) is 1.48. The van der Waals surface area contributed by atoms with Gasteiger partial charge in [0.15, 0.2) is 6.19 Å². The van der Waals surface area contributed by atoms with Gasteiger partial charge >= 0.3 is 0 Å². The summed E-state index contributed by atoms with van der Waals surface area (Å²) in [5.41, 5.74) is 1.35. The van der Waals surface area contributed by atoms with Crippen LogP contribution in [0.4, 0.5) is 0 Å². The number of halogens is 1. The summed E-state index contributed by atoms with van der Waals surface area (Å²) in [6.07, 6.45) is 1.60. The molecule has 1 rings (SSSR count). The molecule has 0 fully saturated rings. The number of hydrogen-bond donors (Lipinski definition) is 1. The molecule has 1 amide bonds. The van der Waals surface area contributed by atoms with E-state index < -0.39 is 0 Å². The standard InChI is InChI=1S/C9H7BrN2O/c1-6-4-7(10)2-3-8(6)9(13)12-5-11/h2-4H,1H3,(H,12,13). The number of carbonyl (C=O) groups is 1. The van der Waals surface area contributed by atoms with Crippen molar-refractivity contribution in [2.24, 2.45) is 0 Å². The van der Waals surface area contributed by atoms with E-state index in [0.29, 0.717) is 5.56 Å². The first kappa shape index (κ1) is 9.75. The fraction of sp³-hybridized carbons (Fsp3) is 0.111. The van der Waals surface area contributed by atoms with Gasteiger partial charge < -0.3 is 0 Å². The molecule has 66 valence electrons. The Hall–Kier alpha value is -1.34. The van der Waals surface area contributed by atoms with Gasteiger partial charge in [0, 0.05) is 10.0 Å². The van der Waals surface area contributed by atoms with Crippen LogP contribution in [0.15, 0.2) is 22.7 Å². The number of amides is 1. The van der Waals surface area contributed by atoms with E-state index in [-0.39, 0.29) is 5.91 Å². The summed E-state index contributed by atoms with van der Waals surface area (Å²) < 4.78 is 0.915. The normalized spacial score (nSPS) is 9.00. The predicted molar refractivity (Wildman–Crippen MR) is 52.0 cm³/mol. The molecule has 0 bridgehead atoms. The Kier molecular flexibility index (Phi) is 3.04. The molecule has 0 unspecified atom stereocenters. The lowest BCUT2D eigenvalue weighted by molar-refractivity contribution is 0.0972. The number of hydrogen-bond acceptors (Lipinski definition) is 2. The fourth-order valence-electron chi connectivity index (χ4n) is 1.000. The van der Waals surface area contributed by atoms with Crippen molar-refractivity contribution in [3.63, 3.8) is 0 Å². The van der Waals surface area contributed by atoms with Crippen LogP contribution < -0.4 is 5.32 Å². The van der Waals surface area contributed by atoms with Gasteiger partial charge in [-0.2, -0.15) is 5.26 Å². The average Bonchev–Trinajstić information content (AvgIpc) is 2.04. The van der Waals surface area contributed by atoms with Gasteiger partial charge in [-0.15, -0.1) is 0 Å². The van der Waals surface area contributed by atoms with E-state index in [2.05, 4.69) is 21.2 Å². The van der Waals surface area contributed by atoms with Crippen LogP contribution in [0.5, 0.6) is 0 Å². The highest BCUT2D eigenvalue weighted by atomic mass is 79.9. The second kappa shape index (κ2) is 4.06. The number of nitrogens with one attached hydrogen (secondary N) is 1. The zero-order valence-corrected chi connectivity index (χ0v) is 8.55. The van der Waals surface area contributed by atoms with Crippen molar-refractivity contribution in [3.8, 4) is 6.19 Å². The topological polar surface area (TPSA) is 52.9 Å². The second-order valence-corrected chi connectivity index (χ2v) is 3.44. The zero-order chi connectivity index (χ0) is 9.84. The molecule has 3 nitrogen and oxygen atoms in total. The number of aryl methyl sites for hydroxylation is 1. The van der Waals surface area contributed by atoms with E-state index >= 15 is 0 Å². The van der Waals surface area contributed by atoms with E-state index in [4.69, 9.17) is 5.26 Å². The van der Waals surface area contributed by atoms with Crippen molar-refractivity contribution in [2.75, 3.05) is 0 Å². The molecule has 0 aromatic heterocycles. The van der Waals surface area contributed by atoms with Gasteiger partial charge in [-0.1, -0.05) is 15.9 Å². The number of nitrogens with zero attached hydrogens (tertiary/aromatic N) is 1. The lowest BCUT2D eigenvalue weighted by Gasteiger charge is -2.02. The first-order valence-electron chi connectivity index (χ1n) is 3.60. The minimum atomic E-state index is -0.368. The van der Waals surface area contributed by atoms with E-state index in [1.54, 1.807) is 18.3 Å². The monoisotopic (exact) mass is 238 g/mol. The SMILES string of the molecule is Cc1cc(Br)ccc1C(=O)NC#N. The third-order valence-corrected chi connectivity index (χ3v) is 2.10. The van der Waals surface area contributed by atoms with E-state index in [1.807, 2.05) is 13.0 Å². The minimum absolute atomic E-state index is 0.368. The molecular formula is C9H7BrN2O. The molecule has 0 heterocycles. The van der Waals surface area contributed by atoms with Crippen LogP contribution in [0.2, 0.25) is 0 Å². The van der Waals surface area contributed by atoms with Gasteiger partial charge in [0.1, 0.15) is 0 Å². The minimum Gasteiger partial charge on any atom is -0.268 e. The Bertz CT molecular complexity index is 382. The molecule has 13 heavy (non-hydrogen) atoms. The molecule has 0 aliphatic rings. The van der Waals surface area contributed by atoms with Crippen LogP contribution in [-0.2, 0) is 0 Å². The summed E-state index contributed by atoms with van der Waals surface area (Å²) in [6, 6.07) is 5.26. The largest absolute Gasteiger partial charge is 0.268 e. The van der Waals surface area contributed by atoms with Crippen LogP contribution in [0.3, 0.4) is 0 Å². The van der Waals surface area contributed by atoms with Crippen molar-refractivity contribution < 1.29 is 4.79 Å². The van der Waals surface area contributed by atoms with E-state index in [0.717, 1.165) is 10.0 Å². The Balaban J connectivity index is 3.03. The second-order valence-electron chi connectivity index (χ2n) is 2.53. The molecule has 1 aromatic rings. The summed E-state index contributed by atoms with van der Waals surface area (Å²) in [6.45, 7) is 1.82. The highest BCUT2D eigenvalue weighted by Crippen LogP contribution is 2.15. The van der Waals surface area contributed by atoms with Crippen molar-refractivity contribution in [3.05, 3.63) is 33.8 Å². The number of nitriles is 1. The Morgan fingerprint density at radius 2 is 2.31 bits per heavy atom. The van der Waals surface area contributed by atoms with Crippen molar-refractivity contribution in [1.82, 2.24) is 5.32 Å². The summed E-state index contributed by atoms with van der Waals surface area (Å²) in [5, 5.41) is 10.3. The van der Waals surface area contributed by atoms with Crippen LogP contribution in [0.25, 0.3) is 0 Å². The molecular weight excluding hydrogens is 232 g/mol. The van der Waals surface area contributed by atoms with Crippen LogP contribution >= 0.6 is 15.9 Å².